The Hall–Kier alpha value is -1.20. The zero-order valence-electron chi connectivity index (χ0n) is 12.1. The van der Waals surface area contributed by atoms with E-state index in [-0.39, 0.29) is 6.04 Å². The molecule has 1 N–H and O–H groups in total. The summed E-state index contributed by atoms with van der Waals surface area (Å²) in [6.45, 7) is 9.39. The summed E-state index contributed by atoms with van der Waals surface area (Å²) in [6, 6.07) is 2.77. The van der Waals surface area contributed by atoms with E-state index in [0.29, 0.717) is 6.04 Å². The van der Waals surface area contributed by atoms with Gasteiger partial charge < -0.3 is 5.32 Å². The number of aromatic nitrogens is 3. The number of aryl methyl sites for hydroxylation is 1. The van der Waals surface area contributed by atoms with Gasteiger partial charge in [-0.3, -0.25) is 4.68 Å². The van der Waals surface area contributed by atoms with Gasteiger partial charge in [-0.1, -0.05) is 6.92 Å². The molecular weight excluding hydrogens is 256 g/mol. The third-order valence-corrected chi connectivity index (χ3v) is 3.84. The Morgan fingerprint density at radius 2 is 2.21 bits per heavy atom. The van der Waals surface area contributed by atoms with E-state index in [9.17, 15) is 0 Å². The highest BCUT2D eigenvalue weighted by Gasteiger charge is 2.15. The van der Waals surface area contributed by atoms with E-state index >= 15 is 0 Å². The van der Waals surface area contributed by atoms with Crippen LogP contribution in [0.25, 0.3) is 0 Å². The molecule has 0 saturated heterocycles. The van der Waals surface area contributed by atoms with E-state index in [1.807, 2.05) is 11.6 Å². The minimum atomic E-state index is 0.255. The van der Waals surface area contributed by atoms with E-state index in [0.717, 1.165) is 29.4 Å². The van der Waals surface area contributed by atoms with Crippen molar-refractivity contribution in [3.63, 3.8) is 0 Å². The molecule has 0 fully saturated rings. The topological polar surface area (TPSA) is 42.7 Å². The van der Waals surface area contributed by atoms with Crippen molar-refractivity contribution in [3.05, 3.63) is 34.0 Å². The Kier molecular flexibility index (Phi) is 4.71. The molecule has 2 heterocycles. The van der Waals surface area contributed by atoms with Gasteiger partial charge in [-0.25, -0.2) is 4.98 Å². The largest absolute Gasteiger partial charge is 0.309 e. The fourth-order valence-electron chi connectivity index (χ4n) is 2.05. The second-order valence-corrected chi connectivity index (χ2v) is 6.05. The van der Waals surface area contributed by atoms with Crippen molar-refractivity contribution in [1.82, 2.24) is 20.1 Å². The SMILES string of the molecule is CCNC(Cc1ccn(C(C)C)n1)c1csc(C)n1. The first kappa shape index (κ1) is 14.2. The molecule has 0 aliphatic heterocycles. The summed E-state index contributed by atoms with van der Waals surface area (Å²) < 4.78 is 2.00. The van der Waals surface area contributed by atoms with Crippen LogP contribution in [0.4, 0.5) is 0 Å². The predicted octanol–water partition coefficient (Wildman–Crippen LogP) is 3.12. The highest BCUT2D eigenvalue weighted by atomic mass is 32.1. The molecule has 0 aliphatic rings. The minimum absolute atomic E-state index is 0.255. The van der Waals surface area contributed by atoms with Gasteiger partial charge in [0, 0.05) is 24.0 Å². The monoisotopic (exact) mass is 278 g/mol. The molecular formula is C14H22N4S. The molecule has 104 valence electrons. The van der Waals surface area contributed by atoms with Crippen molar-refractivity contribution >= 4 is 11.3 Å². The van der Waals surface area contributed by atoms with Gasteiger partial charge >= 0.3 is 0 Å². The number of nitrogens with zero attached hydrogens (tertiary/aromatic N) is 3. The highest BCUT2D eigenvalue weighted by molar-refractivity contribution is 7.09. The lowest BCUT2D eigenvalue weighted by Gasteiger charge is -2.14. The van der Waals surface area contributed by atoms with Crippen LogP contribution in [-0.2, 0) is 6.42 Å². The van der Waals surface area contributed by atoms with Gasteiger partial charge in [0.2, 0.25) is 0 Å². The number of likely N-dealkylation sites (N-methyl/N-ethyl adjacent to an activating group) is 1. The Labute approximate surface area is 118 Å². The van der Waals surface area contributed by atoms with Crippen molar-refractivity contribution < 1.29 is 0 Å². The number of rotatable bonds is 6. The van der Waals surface area contributed by atoms with Crippen molar-refractivity contribution in [2.75, 3.05) is 6.54 Å². The van der Waals surface area contributed by atoms with Gasteiger partial charge in [0.25, 0.3) is 0 Å². The van der Waals surface area contributed by atoms with Crippen LogP contribution in [0.3, 0.4) is 0 Å². The van der Waals surface area contributed by atoms with Gasteiger partial charge in [0.15, 0.2) is 0 Å². The van der Waals surface area contributed by atoms with E-state index in [4.69, 9.17) is 0 Å². The zero-order chi connectivity index (χ0) is 13.8. The maximum absolute atomic E-state index is 4.62. The van der Waals surface area contributed by atoms with E-state index in [1.54, 1.807) is 11.3 Å². The molecule has 0 radical (unpaired) electrons. The van der Waals surface area contributed by atoms with Gasteiger partial charge in [0.05, 0.1) is 22.4 Å². The Morgan fingerprint density at radius 1 is 1.42 bits per heavy atom. The third kappa shape index (κ3) is 3.64. The van der Waals surface area contributed by atoms with Crippen molar-refractivity contribution in [1.29, 1.82) is 0 Å². The Bertz CT molecular complexity index is 515. The van der Waals surface area contributed by atoms with Gasteiger partial charge in [0.1, 0.15) is 0 Å². The van der Waals surface area contributed by atoms with Crippen molar-refractivity contribution in [2.24, 2.45) is 0 Å². The summed E-state index contributed by atoms with van der Waals surface area (Å²) in [5.74, 6) is 0. The van der Waals surface area contributed by atoms with Crippen LogP contribution in [0, 0.1) is 6.92 Å². The summed E-state index contributed by atoms with van der Waals surface area (Å²) in [5.41, 5.74) is 2.24. The molecule has 0 saturated carbocycles. The fraction of sp³-hybridized carbons (Fsp3) is 0.571. The molecule has 0 amide bonds. The second-order valence-electron chi connectivity index (χ2n) is 4.99. The lowest BCUT2D eigenvalue weighted by molar-refractivity contribution is 0.502. The van der Waals surface area contributed by atoms with Crippen molar-refractivity contribution in [2.45, 2.75) is 46.2 Å². The van der Waals surface area contributed by atoms with Crippen LogP contribution in [0.1, 0.15) is 49.3 Å². The number of hydrogen-bond acceptors (Lipinski definition) is 4. The lowest BCUT2D eigenvalue weighted by Crippen LogP contribution is -2.23. The molecule has 19 heavy (non-hydrogen) atoms. The van der Waals surface area contributed by atoms with Crippen LogP contribution < -0.4 is 5.32 Å². The zero-order valence-corrected chi connectivity index (χ0v) is 12.9. The summed E-state index contributed by atoms with van der Waals surface area (Å²) in [7, 11) is 0. The molecule has 2 aromatic rings. The molecule has 4 nitrogen and oxygen atoms in total. The number of hydrogen-bond donors (Lipinski definition) is 1. The third-order valence-electron chi connectivity index (χ3n) is 3.05. The predicted molar refractivity (Wildman–Crippen MR) is 79.6 cm³/mol. The highest BCUT2D eigenvalue weighted by Crippen LogP contribution is 2.20. The minimum Gasteiger partial charge on any atom is -0.309 e. The molecule has 1 unspecified atom stereocenters. The summed E-state index contributed by atoms with van der Waals surface area (Å²) >= 11 is 1.70. The molecule has 5 heteroatoms. The second kappa shape index (κ2) is 6.30. The normalized spacial score (nSPS) is 13.1. The molecule has 0 aliphatic carbocycles. The molecule has 1 atom stereocenters. The summed E-state index contributed by atoms with van der Waals surface area (Å²) in [6.07, 6.45) is 2.94. The van der Waals surface area contributed by atoms with Crippen LogP contribution >= 0.6 is 11.3 Å². The summed E-state index contributed by atoms with van der Waals surface area (Å²) in [4.78, 5) is 4.59. The van der Waals surface area contributed by atoms with Gasteiger partial charge in [-0.05, 0) is 33.4 Å². The number of thiazole rings is 1. The lowest BCUT2D eigenvalue weighted by atomic mass is 10.1. The standard InChI is InChI=1S/C14H22N4S/c1-5-15-13(14-9-19-11(4)16-14)8-12-6-7-18(17-12)10(2)3/h6-7,9-10,13,15H,5,8H2,1-4H3. The first-order valence-electron chi connectivity index (χ1n) is 6.79. The van der Waals surface area contributed by atoms with Gasteiger partial charge in [-0.15, -0.1) is 11.3 Å². The average Bonchev–Trinajstić information content (AvgIpc) is 2.97. The Morgan fingerprint density at radius 3 is 2.74 bits per heavy atom. The van der Waals surface area contributed by atoms with E-state index in [2.05, 4.69) is 53.8 Å². The summed E-state index contributed by atoms with van der Waals surface area (Å²) in [5, 5.41) is 11.4. The van der Waals surface area contributed by atoms with E-state index in [1.165, 1.54) is 0 Å². The van der Waals surface area contributed by atoms with Crippen LogP contribution in [0.2, 0.25) is 0 Å². The molecule has 0 bridgehead atoms. The molecule has 2 aromatic heterocycles. The fourth-order valence-corrected chi connectivity index (χ4v) is 2.72. The smallest absolute Gasteiger partial charge is 0.0898 e. The quantitative estimate of drug-likeness (QED) is 0.883. The first-order valence-corrected chi connectivity index (χ1v) is 7.67. The van der Waals surface area contributed by atoms with Gasteiger partial charge in [-0.2, -0.15) is 5.10 Å². The average molecular weight is 278 g/mol. The molecule has 2 rings (SSSR count). The Balaban J connectivity index is 2.11. The van der Waals surface area contributed by atoms with Crippen LogP contribution in [0.5, 0.6) is 0 Å². The maximum Gasteiger partial charge on any atom is 0.0898 e. The van der Waals surface area contributed by atoms with Crippen molar-refractivity contribution in [3.8, 4) is 0 Å². The van der Waals surface area contributed by atoms with E-state index < -0.39 is 0 Å². The first-order chi connectivity index (χ1) is 9.10. The molecule has 0 aromatic carbocycles. The van der Waals surface area contributed by atoms with Crippen LogP contribution in [-0.4, -0.2) is 21.3 Å². The maximum atomic E-state index is 4.62. The van der Waals surface area contributed by atoms with Crippen LogP contribution in [0.15, 0.2) is 17.6 Å². The number of nitrogens with one attached hydrogen (secondary N) is 1. The molecule has 0 spiro atoms.